The average molecular weight is 243 g/mol. The summed E-state index contributed by atoms with van der Waals surface area (Å²) >= 11 is 5.89. The molecule has 3 nitrogen and oxygen atoms in total. The third kappa shape index (κ3) is 2.89. The summed E-state index contributed by atoms with van der Waals surface area (Å²) in [7, 11) is 1.56. The van der Waals surface area contributed by atoms with E-state index in [9.17, 15) is 4.79 Å². The number of rotatable bonds is 4. The van der Waals surface area contributed by atoms with Gasteiger partial charge in [0.25, 0.3) is 0 Å². The maximum absolute atomic E-state index is 11.6. The Hall–Kier alpha value is -1.22. The summed E-state index contributed by atoms with van der Waals surface area (Å²) in [5, 5.41) is 0.576. The van der Waals surface area contributed by atoms with Gasteiger partial charge in [-0.05, 0) is 32.0 Å². The molecule has 0 N–H and O–H groups in total. The number of hydrogen-bond acceptors (Lipinski definition) is 3. The molecule has 4 heteroatoms. The highest BCUT2D eigenvalue weighted by Crippen LogP contribution is 2.30. The molecule has 0 aromatic heterocycles. The number of carbonyl (C=O) groups excluding carboxylic acids is 1. The second kappa shape index (κ2) is 5.75. The lowest BCUT2D eigenvalue weighted by atomic mass is 10.0. The largest absolute Gasteiger partial charge is 0.496 e. The first kappa shape index (κ1) is 12.8. The van der Waals surface area contributed by atoms with Crippen LogP contribution in [-0.2, 0) is 9.53 Å². The molecular formula is C12H15ClO3. The molecular weight excluding hydrogens is 228 g/mol. The van der Waals surface area contributed by atoms with E-state index in [1.807, 2.05) is 0 Å². The Morgan fingerprint density at radius 1 is 1.50 bits per heavy atom. The highest BCUT2D eigenvalue weighted by Gasteiger charge is 2.20. The quantitative estimate of drug-likeness (QED) is 0.762. The summed E-state index contributed by atoms with van der Waals surface area (Å²) in [6.07, 6.45) is 0. The predicted molar refractivity (Wildman–Crippen MR) is 63.1 cm³/mol. The SMILES string of the molecule is CCOC(=O)C(C)c1cc(Cl)ccc1OC. The summed E-state index contributed by atoms with van der Waals surface area (Å²) in [4.78, 5) is 11.6. The van der Waals surface area contributed by atoms with Crippen LogP contribution in [-0.4, -0.2) is 19.7 Å². The smallest absolute Gasteiger partial charge is 0.313 e. The molecule has 0 aliphatic carbocycles. The number of carbonyl (C=O) groups is 1. The fraction of sp³-hybridized carbons (Fsp3) is 0.417. The van der Waals surface area contributed by atoms with Crippen molar-refractivity contribution in [2.45, 2.75) is 19.8 Å². The van der Waals surface area contributed by atoms with Crippen LogP contribution in [0.1, 0.15) is 25.3 Å². The Bertz CT molecular complexity index is 377. The molecule has 1 unspecified atom stereocenters. The molecule has 0 spiro atoms. The molecule has 1 atom stereocenters. The predicted octanol–water partition coefficient (Wildman–Crippen LogP) is 3.02. The molecule has 1 aromatic carbocycles. The lowest BCUT2D eigenvalue weighted by molar-refractivity contribution is -0.144. The second-order valence-electron chi connectivity index (χ2n) is 3.36. The van der Waals surface area contributed by atoms with Crippen molar-refractivity contribution in [3.63, 3.8) is 0 Å². The van der Waals surface area contributed by atoms with Gasteiger partial charge in [-0.25, -0.2) is 0 Å². The Morgan fingerprint density at radius 2 is 2.19 bits per heavy atom. The Labute approximate surface area is 100 Å². The van der Waals surface area contributed by atoms with Crippen molar-refractivity contribution in [2.75, 3.05) is 13.7 Å². The van der Waals surface area contributed by atoms with Crippen LogP contribution in [0.15, 0.2) is 18.2 Å². The van der Waals surface area contributed by atoms with E-state index < -0.39 is 0 Å². The van der Waals surface area contributed by atoms with Gasteiger partial charge < -0.3 is 9.47 Å². The molecule has 88 valence electrons. The summed E-state index contributed by atoms with van der Waals surface area (Å²) in [6, 6.07) is 5.19. The zero-order valence-corrected chi connectivity index (χ0v) is 10.4. The Morgan fingerprint density at radius 3 is 2.75 bits per heavy atom. The van der Waals surface area contributed by atoms with Gasteiger partial charge in [0, 0.05) is 10.6 Å². The van der Waals surface area contributed by atoms with Gasteiger partial charge in [0.1, 0.15) is 5.75 Å². The first-order valence-corrected chi connectivity index (χ1v) is 5.48. The third-order valence-electron chi connectivity index (χ3n) is 2.30. The summed E-state index contributed by atoms with van der Waals surface area (Å²) in [6.45, 7) is 3.91. The fourth-order valence-corrected chi connectivity index (χ4v) is 1.62. The summed E-state index contributed by atoms with van der Waals surface area (Å²) < 4.78 is 10.1. The van der Waals surface area contributed by atoms with Crippen LogP contribution in [0.2, 0.25) is 5.02 Å². The molecule has 0 amide bonds. The minimum Gasteiger partial charge on any atom is -0.496 e. The summed E-state index contributed by atoms with van der Waals surface area (Å²) in [5.41, 5.74) is 0.744. The van der Waals surface area contributed by atoms with Crippen molar-refractivity contribution < 1.29 is 14.3 Å². The van der Waals surface area contributed by atoms with Gasteiger partial charge in [-0.1, -0.05) is 11.6 Å². The molecule has 0 saturated heterocycles. The molecule has 16 heavy (non-hydrogen) atoms. The molecule has 0 radical (unpaired) electrons. The minimum absolute atomic E-state index is 0.275. The Kier molecular flexibility index (Phi) is 4.62. The lowest BCUT2D eigenvalue weighted by Crippen LogP contribution is -2.13. The highest BCUT2D eigenvalue weighted by molar-refractivity contribution is 6.30. The van der Waals surface area contributed by atoms with Gasteiger partial charge in [-0.15, -0.1) is 0 Å². The van der Waals surface area contributed by atoms with Crippen LogP contribution in [0.5, 0.6) is 5.75 Å². The van der Waals surface area contributed by atoms with Crippen molar-refractivity contribution in [1.82, 2.24) is 0 Å². The van der Waals surface area contributed by atoms with E-state index in [0.29, 0.717) is 17.4 Å². The van der Waals surface area contributed by atoms with Gasteiger partial charge in [-0.2, -0.15) is 0 Å². The van der Waals surface area contributed by atoms with E-state index in [4.69, 9.17) is 21.1 Å². The van der Waals surface area contributed by atoms with Gasteiger partial charge in [0.05, 0.1) is 19.6 Å². The van der Waals surface area contributed by atoms with Crippen LogP contribution in [0.25, 0.3) is 0 Å². The zero-order valence-electron chi connectivity index (χ0n) is 9.62. The molecule has 0 heterocycles. The second-order valence-corrected chi connectivity index (χ2v) is 3.80. The van der Waals surface area contributed by atoms with E-state index in [1.165, 1.54) is 0 Å². The number of methoxy groups -OCH3 is 1. The van der Waals surface area contributed by atoms with Crippen molar-refractivity contribution in [3.05, 3.63) is 28.8 Å². The fourth-order valence-electron chi connectivity index (χ4n) is 1.44. The number of esters is 1. The molecule has 0 aliphatic heterocycles. The molecule has 0 bridgehead atoms. The van der Waals surface area contributed by atoms with Crippen LogP contribution in [0, 0.1) is 0 Å². The topological polar surface area (TPSA) is 35.5 Å². The average Bonchev–Trinajstić information content (AvgIpc) is 2.28. The number of hydrogen-bond donors (Lipinski definition) is 0. The van der Waals surface area contributed by atoms with E-state index >= 15 is 0 Å². The van der Waals surface area contributed by atoms with Crippen molar-refractivity contribution in [1.29, 1.82) is 0 Å². The van der Waals surface area contributed by atoms with E-state index in [-0.39, 0.29) is 11.9 Å². The number of halogens is 1. The van der Waals surface area contributed by atoms with Gasteiger partial charge in [-0.3, -0.25) is 4.79 Å². The molecule has 0 aliphatic rings. The Balaban J connectivity index is 3.01. The maximum Gasteiger partial charge on any atom is 0.313 e. The van der Waals surface area contributed by atoms with Gasteiger partial charge in [0.15, 0.2) is 0 Å². The van der Waals surface area contributed by atoms with Crippen molar-refractivity contribution in [3.8, 4) is 5.75 Å². The summed E-state index contributed by atoms with van der Waals surface area (Å²) in [5.74, 6) is -0.0124. The number of benzene rings is 1. The zero-order chi connectivity index (χ0) is 12.1. The van der Waals surface area contributed by atoms with Crippen LogP contribution < -0.4 is 4.74 Å². The van der Waals surface area contributed by atoms with E-state index in [1.54, 1.807) is 39.2 Å². The normalized spacial score (nSPS) is 12.0. The molecule has 0 fully saturated rings. The molecule has 0 saturated carbocycles. The third-order valence-corrected chi connectivity index (χ3v) is 2.53. The standard InChI is InChI=1S/C12H15ClO3/c1-4-16-12(14)8(2)10-7-9(13)5-6-11(10)15-3/h5-8H,4H2,1-3H3. The highest BCUT2D eigenvalue weighted by atomic mass is 35.5. The molecule has 1 rings (SSSR count). The van der Waals surface area contributed by atoms with E-state index in [2.05, 4.69) is 0 Å². The van der Waals surface area contributed by atoms with Crippen LogP contribution >= 0.6 is 11.6 Å². The van der Waals surface area contributed by atoms with Crippen LogP contribution in [0.4, 0.5) is 0 Å². The van der Waals surface area contributed by atoms with Gasteiger partial charge >= 0.3 is 5.97 Å². The van der Waals surface area contributed by atoms with E-state index in [0.717, 1.165) is 5.56 Å². The van der Waals surface area contributed by atoms with Crippen molar-refractivity contribution in [2.24, 2.45) is 0 Å². The lowest BCUT2D eigenvalue weighted by Gasteiger charge is -2.14. The number of ether oxygens (including phenoxy) is 2. The first-order valence-electron chi connectivity index (χ1n) is 5.10. The monoisotopic (exact) mass is 242 g/mol. The minimum atomic E-state index is -0.381. The van der Waals surface area contributed by atoms with Crippen molar-refractivity contribution >= 4 is 17.6 Å². The molecule has 1 aromatic rings. The van der Waals surface area contributed by atoms with Crippen LogP contribution in [0.3, 0.4) is 0 Å². The first-order chi connectivity index (χ1) is 7.60. The maximum atomic E-state index is 11.6. The van der Waals surface area contributed by atoms with Gasteiger partial charge in [0.2, 0.25) is 0 Å².